The van der Waals surface area contributed by atoms with Crippen LogP contribution in [-0.4, -0.2) is 18.4 Å². The first kappa shape index (κ1) is 14.9. The second-order valence-corrected chi connectivity index (χ2v) is 4.50. The van der Waals surface area contributed by atoms with Crippen LogP contribution in [0.3, 0.4) is 0 Å². The van der Waals surface area contributed by atoms with Gasteiger partial charge in [-0.1, -0.05) is 43.7 Å². The standard InChI is InChI=1S/C15H23NO2/c1-2-7-14(16)15(17)10-6-11-18-12-13-8-4-3-5-9-13/h3-5,8-9,14H,2,6-7,10-12,16H2,1H3. The van der Waals surface area contributed by atoms with Gasteiger partial charge in [-0.25, -0.2) is 0 Å². The van der Waals surface area contributed by atoms with Crippen LogP contribution in [0.2, 0.25) is 0 Å². The van der Waals surface area contributed by atoms with E-state index in [0.717, 1.165) is 24.8 Å². The maximum absolute atomic E-state index is 11.6. The number of benzene rings is 1. The highest BCUT2D eigenvalue weighted by molar-refractivity contribution is 5.83. The van der Waals surface area contributed by atoms with Gasteiger partial charge in [0.2, 0.25) is 0 Å². The van der Waals surface area contributed by atoms with Crippen LogP contribution < -0.4 is 5.73 Å². The fourth-order valence-electron chi connectivity index (χ4n) is 1.77. The van der Waals surface area contributed by atoms with Crippen LogP contribution in [0.5, 0.6) is 0 Å². The average Bonchev–Trinajstić information content (AvgIpc) is 2.39. The molecule has 1 aromatic carbocycles. The Balaban J connectivity index is 2.07. The Morgan fingerprint density at radius 3 is 2.72 bits per heavy atom. The molecule has 0 fully saturated rings. The van der Waals surface area contributed by atoms with Gasteiger partial charge in [0.1, 0.15) is 5.78 Å². The molecule has 0 aromatic heterocycles. The molecular weight excluding hydrogens is 226 g/mol. The minimum atomic E-state index is -0.288. The first-order chi connectivity index (χ1) is 8.74. The van der Waals surface area contributed by atoms with Crippen molar-refractivity contribution < 1.29 is 9.53 Å². The summed E-state index contributed by atoms with van der Waals surface area (Å²) < 4.78 is 5.52. The minimum absolute atomic E-state index is 0.153. The van der Waals surface area contributed by atoms with Crippen LogP contribution in [0, 0.1) is 0 Å². The lowest BCUT2D eigenvalue weighted by atomic mass is 10.0. The average molecular weight is 249 g/mol. The normalized spacial score (nSPS) is 12.3. The minimum Gasteiger partial charge on any atom is -0.377 e. The summed E-state index contributed by atoms with van der Waals surface area (Å²) in [6, 6.07) is 9.74. The molecule has 1 unspecified atom stereocenters. The largest absolute Gasteiger partial charge is 0.377 e. The number of ketones is 1. The van der Waals surface area contributed by atoms with E-state index in [0.29, 0.717) is 19.6 Å². The number of rotatable bonds is 9. The summed E-state index contributed by atoms with van der Waals surface area (Å²) in [4.78, 5) is 11.6. The number of carbonyl (C=O) groups is 1. The van der Waals surface area contributed by atoms with Gasteiger partial charge in [0.15, 0.2) is 0 Å². The summed E-state index contributed by atoms with van der Waals surface area (Å²) in [6.45, 7) is 3.26. The van der Waals surface area contributed by atoms with Crippen LogP contribution >= 0.6 is 0 Å². The molecule has 1 aromatic rings. The maximum Gasteiger partial charge on any atom is 0.149 e. The van der Waals surface area contributed by atoms with E-state index in [4.69, 9.17) is 10.5 Å². The lowest BCUT2D eigenvalue weighted by Crippen LogP contribution is -2.30. The van der Waals surface area contributed by atoms with Gasteiger partial charge in [-0.05, 0) is 18.4 Å². The Labute approximate surface area is 109 Å². The Bertz CT molecular complexity index is 338. The van der Waals surface area contributed by atoms with Gasteiger partial charge >= 0.3 is 0 Å². The third-order valence-electron chi connectivity index (χ3n) is 2.84. The van der Waals surface area contributed by atoms with Gasteiger partial charge in [0.05, 0.1) is 12.6 Å². The third kappa shape index (κ3) is 5.94. The van der Waals surface area contributed by atoms with E-state index in [1.54, 1.807) is 0 Å². The predicted molar refractivity (Wildman–Crippen MR) is 73.2 cm³/mol. The Hall–Kier alpha value is -1.19. The molecule has 2 N–H and O–H groups in total. The summed E-state index contributed by atoms with van der Waals surface area (Å²) in [5.41, 5.74) is 6.90. The first-order valence-corrected chi connectivity index (χ1v) is 6.64. The molecule has 0 radical (unpaired) electrons. The highest BCUT2D eigenvalue weighted by Gasteiger charge is 2.11. The smallest absolute Gasteiger partial charge is 0.149 e. The molecule has 0 saturated carbocycles. The van der Waals surface area contributed by atoms with Gasteiger partial charge in [-0.2, -0.15) is 0 Å². The summed E-state index contributed by atoms with van der Waals surface area (Å²) in [5.74, 6) is 0.153. The molecule has 3 heteroatoms. The van der Waals surface area contributed by atoms with Crippen LogP contribution in [-0.2, 0) is 16.1 Å². The zero-order valence-electron chi connectivity index (χ0n) is 11.1. The molecule has 3 nitrogen and oxygen atoms in total. The fourth-order valence-corrected chi connectivity index (χ4v) is 1.77. The van der Waals surface area contributed by atoms with Crippen molar-refractivity contribution in [2.45, 2.75) is 45.3 Å². The molecule has 100 valence electrons. The highest BCUT2D eigenvalue weighted by Crippen LogP contribution is 2.04. The number of carbonyl (C=O) groups excluding carboxylic acids is 1. The number of nitrogens with two attached hydrogens (primary N) is 1. The van der Waals surface area contributed by atoms with Crippen LogP contribution in [0.25, 0.3) is 0 Å². The fraction of sp³-hybridized carbons (Fsp3) is 0.533. The van der Waals surface area contributed by atoms with Gasteiger partial charge < -0.3 is 10.5 Å². The molecule has 0 bridgehead atoms. The zero-order chi connectivity index (χ0) is 13.2. The zero-order valence-corrected chi connectivity index (χ0v) is 11.1. The number of hydrogen-bond acceptors (Lipinski definition) is 3. The molecule has 1 rings (SSSR count). The molecule has 0 aliphatic rings. The van der Waals surface area contributed by atoms with Crippen molar-refractivity contribution in [1.29, 1.82) is 0 Å². The van der Waals surface area contributed by atoms with Crippen molar-refractivity contribution >= 4 is 5.78 Å². The van der Waals surface area contributed by atoms with E-state index in [1.165, 1.54) is 0 Å². The van der Waals surface area contributed by atoms with E-state index >= 15 is 0 Å². The summed E-state index contributed by atoms with van der Waals surface area (Å²) in [6.07, 6.45) is 3.01. The highest BCUT2D eigenvalue weighted by atomic mass is 16.5. The van der Waals surface area contributed by atoms with Gasteiger partial charge in [-0.15, -0.1) is 0 Å². The molecule has 0 heterocycles. The Kier molecular flexibility index (Phi) is 7.30. The molecular formula is C15H23NO2. The van der Waals surface area contributed by atoms with E-state index in [2.05, 4.69) is 0 Å². The first-order valence-electron chi connectivity index (χ1n) is 6.64. The van der Waals surface area contributed by atoms with E-state index in [9.17, 15) is 4.79 Å². The molecule has 0 amide bonds. The summed E-state index contributed by atoms with van der Waals surface area (Å²) in [5, 5.41) is 0. The molecule has 0 aliphatic heterocycles. The Morgan fingerprint density at radius 1 is 1.33 bits per heavy atom. The summed E-state index contributed by atoms with van der Waals surface area (Å²) in [7, 11) is 0. The third-order valence-corrected chi connectivity index (χ3v) is 2.84. The van der Waals surface area contributed by atoms with Crippen LogP contribution in [0.15, 0.2) is 30.3 Å². The van der Waals surface area contributed by atoms with E-state index in [1.807, 2.05) is 37.3 Å². The lowest BCUT2D eigenvalue weighted by molar-refractivity contribution is -0.120. The predicted octanol–water partition coefficient (Wildman–Crippen LogP) is 2.68. The number of ether oxygens (including phenoxy) is 1. The molecule has 0 spiro atoms. The SMILES string of the molecule is CCCC(N)C(=O)CCCOCc1ccccc1. The molecule has 1 atom stereocenters. The van der Waals surface area contributed by atoms with Crippen LogP contribution in [0.1, 0.15) is 38.2 Å². The van der Waals surface area contributed by atoms with E-state index < -0.39 is 0 Å². The van der Waals surface area contributed by atoms with Crippen molar-refractivity contribution in [2.75, 3.05) is 6.61 Å². The van der Waals surface area contributed by atoms with Gasteiger partial charge in [0.25, 0.3) is 0 Å². The second-order valence-electron chi connectivity index (χ2n) is 4.50. The second kappa shape index (κ2) is 8.84. The van der Waals surface area contributed by atoms with Crippen molar-refractivity contribution in [3.05, 3.63) is 35.9 Å². The maximum atomic E-state index is 11.6. The lowest BCUT2D eigenvalue weighted by Gasteiger charge is -2.09. The monoisotopic (exact) mass is 249 g/mol. The number of Topliss-reactive ketones (excluding diaryl/α,β-unsaturated/α-hetero) is 1. The molecule has 0 aliphatic carbocycles. The van der Waals surface area contributed by atoms with Gasteiger partial charge in [-0.3, -0.25) is 4.79 Å². The summed E-state index contributed by atoms with van der Waals surface area (Å²) >= 11 is 0. The van der Waals surface area contributed by atoms with Crippen molar-refractivity contribution in [3.63, 3.8) is 0 Å². The number of hydrogen-bond donors (Lipinski definition) is 1. The van der Waals surface area contributed by atoms with Crippen LogP contribution in [0.4, 0.5) is 0 Å². The topological polar surface area (TPSA) is 52.3 Å². The van der Waals surface area contributed by atoms with E-state index in [-0.39, 0.29) is 11.8 Å². The van der Waals surface area contributed by atoms with Crippen molar-refractivity contribution in [3.8, 4) is 0 Å². The molecule has 0 saturated heterocycles. The molecule has 18 heavy (non-hydrogen) atoms. The van der Waals surface area contributed by atoms with Gasteiger partial charge in [0, 0.05) is 13.0 Å². The van der Waals surface area contributed by atoms with Crippen molar-refractivity contribution in [2.24, 2.45) is 5.73 Å². The van der Waals surface area contributed by atoms with Crippen molar-refractivity contribution in [1.82, 2.24) is 0 Å². The Morgan fingerprint density at radius 2 is 2.06 bits per heavy atom. The quantitative estimate of drug-likeness (QED) is 0.685.